The second-order valence-corrected chi connectivity index (χ2v) is 5.66. The van der Waals surface area contributed by atoms with Crippen LogP contribution in [0.3, 0.4) is 0 Å². The molecule has 6 heteroatoms. The minimum absolute atomic E-state index is 0.294. The second-order valence-electron chi connectivity index (χ2n) is 5.66. The molecule has 2 heterocycles. The Balaban J connectivity index is 1.67. The van der Waals surface area contributed by atoms with Crippen LogP contribution in [0.5, 0.6) is 0 Å². The van der Waals surface area contributed by atoms with Crippen molar-refractivity contribution in [3.63, 3.8) is 0 Å². The van der Waals surface area contributed by atoms with Crippen LogP contribution in [0, 0.1) is 0 Å². The maximum Gasteiger partial charge on any atom is 0.338 e. The third-order valence-electron chi connectivity index (χ3n) is 3.98. The Kier molecular flexibility index (Phi) is 3.94. The van der Waals surface area contributed by atoms with E-state index in [4.69, 9.17) is 9.47 Å². The molecule has 6 nitrogen and oxygen atoms in total. The first kappa shape index (κ1) is 14.7. The summed E-state index contributed by atoms with van der Waals surface area (Å²) in [4.78, 5) is 16.2. The van der Waals surface area contributed by atoms with Gasteiger partial charge in [-0.3, -0.25) is 0 Å². The third kappa shape index (κ3) is 2.87. The van der Waals surface area contributed by atoms with Crippen LogP contribution in [-0.2, 0) is 14.3 Å². The zero-order valence-electron chi connectivity index (χ0n) is 12.7. The predicted molar refractivity (Wildman–Crippen MR) is 79.5 cm³/mol. The number of hydrogen-bond donors (Lipinski definition) is 0. The highest BCUT2D eigenvalue weighted by Gasteiger charge is 2.40. The zero-order valence-corrected chi connectivity index (χ0v) is 12.7. The summed E-state index contributed by atoms with van der Waals surface area (Å²) in [5.74, 6) is -0.294. The number of carbonyl (C=O) groups is 1. The Hall–Kier alpha value is -2.21. The van der Waals surface area contributed by atoms with Crippen LogP contribution in [0.1, 0.15) is 38.4 Å². The molecule has 0 N–H and O–H groups in total. The average Bonchev–Trinajstić information content (AvgIpc) is 3.19. The van der Waals surface area contributed by atoms with E-state index in [1.54, 1.807) is 17.9 Å². The first-order valence-electron chi connectivity index (χ1n) is 7.38. The minimum atomic E-state index is -0.797. The van der Waals surface area contributed by atoms with Crippen molar-refractivity contribution in [1.82, 2.24) is 14.8 Å². The first-order valence-corrected chi connectivity index (χ1v) is 7.38. The zero-order chi connectivity index (χ0) is 15.6. The molecule has 1 aliphatic heterocycles. The topological polar surface area (TPSA) is 66.2 Å². The molecule has 22 heavy (non-hydrogen) atoms. The Morgan fingerprint density at radius 2 is 2.18 bits per heavy atom. The summed E-state index contributed by atoms with van der Waals surface area (Å²) < 4.78 is 12.7. The van der Waals surface area contributed by atoms with Gasteiger partial charge in [0.15, 0.2) is 5.60 Å². The monoisotopic (exact) mass is 301 g/mol. The van der Waals surface area contributed by atoms with Crippen molar-refractivity contribution in [3.05, 3.63) is 42.5 Å². The summed E-state index contributed by atoms with van der Waals surface area (Å²) in [6.07, 6.45) is 4.41. The van der Waals surface area contributed by atoms with Gasteiger partial charge in [0.2, 0.25) is 0 Å². The van der Waals surface area contributed by atoms with Crippen LogP contribution in [0.4, 0.5) is 0 Å². The second kappa shape index (κ2) is 5.88. The fourth-order valence-corrected chi connectivity index (χ4v) is 2.53. The predicted octanol–water partition coefficient (Wildman–Crippen LogP) is 2.44. The third-order valence-corrected chi connectivity index (χ3v) is 3.98. The normalized spacial score (nSPS) is 22.5. The van der Waals surface area contributed by atoms with Crippen molar-refractivity contribution in [2.24, 2.45) is 0 Å². The molecule has 0 aliphatic carbocycles. The van der Waals surface area contributed by atoms with Crippen LogP contribution >= 0.6 is 0 Å². The van der Waals surface area contributed by atoms with Gasteiger partial charge in [-0.15, -0.1) is 0 Å². The van der Waals surface area contributed by atoms with Crippen LogP contribution in [0.2, 0.25) is 0 Å². The number of hydrogen-bond acceptors (Lipinski definition) is 5. The lowest BCUT2D eigenvalue weighted by Crippen LogP contribution is -2.36. The molecule has 0 spiro atoms. The van der Waals surface area contributed by atoms with E-state index in [2.05, 4.69) is 10.1 Å². The maximum atomic E-state index is 12.2. The maximum absolute atomic E-state index is 12.2. The molecule has 2 aromatic rings. The molecule has 116 valence electrons. The summed E-state index contributed by atoms with van der Waals surface area (Å²) in [6, 6.07) is 7.68. The molecule has 1 aliphatic rings. The van der Waals surface area contributed by atoms with E-state index in [0.29, 0.717) is 13.0 Å². The Morgan fingerprint density at radius 1 is 1.41 bits per heavy atom. The van der Waals surface area contributed by atoms with Crippen molar-refractivity contribution in [2.75, 3.05) is 6.61 Å². The molecule has 1 aromatic carbocycles. The smallest absolute Gasteiger partial charge is 0.338 e. The highest BCUT2D eigenvalue weighted by atomic mass is 16.6. The molecular weight excluding hydrogens is 282 g/mol. The van der Waals surface area contributed by atoms with Gasteiger partial charge in [-0.25, -0.2) is 14.5 Å². The molecule has 2 atom stereocenters. The molecule has 1 saturated heterocycles. The molecule has 0 unspecified atom stereocenters. The molecule has 0 saturated carbocycles. The fourth-order valence-electron chi connectivity index (χ4n) is 2.53. The number of esters is 1. The molecule has 0 amide bonds. The number of nitrogens with zero attached hydrogens (tertiary/aromatic N) is 3. The quantitative estimate of drug-likeness (QED) is 0.811. The summed E-state index contributed by atoms with van der Waals surface area (Å²) in [5.41, 5.74) is 1.04. The van der Waals surface area contributed by atoms with E-state index < -0.39 is 5.60 Å². The summed E-state index contributed by atoms with van der Waals surface area (Å²) in [7, 11) is 0. The minimum Gasteiger partial charge on any atom is -0.456 e. The molecule has 1 fully saturated rings. The van der Waals surface area contributed by atoms with Gasteiger partial charge < -0.3 is 9.47 Å². The van der Waals surface area contributed by atoms with E-state index >= 15 is 0 Å². The molecule has 1 aromatic heterocycles. The standard InChI is InChI=1S/C16H19N3O3/c1-12(22-15(20)16(2)8-3-9-21-16)13-4-6-14(7-5-13)19-11-17-10-18-19/h4-7,10-12H,3,8-9H2,1-2H3/t12-,16-/m1/s1. The Bertz CT molecular complexity index is 631. The Labute approximate surface area is 129 Å². The molecule has 3 rings (SSSR count). The lowest BCUT2D eigenvalue weighted by molar-refractivity contribution is -0.170. The van der Waals surface area contributed by atoms with Crippen LogP contribution in [0.25, 0.3) is 5.69 Å². The number of carbonyl (C=O) groups excluding carboxylic acids is 1. The first-order chi connectivity index (χ1) is 10.6. The summed E-state index contributed by atoms with van der Waals surface area (Å²) in [5, 5.41) is 4.07. The van der Waals surface area contributed by atoms with Gasteiger partial charge in [-0.05, 0) is 44.4 Å². The van der Waals surface area contributed by atoms with Crippen molar-refractivity contribution in [1.29, 1.82) is 0 Å². The van der Waals surface area contributed by atoms with Gasteiger partial charge in [0, 0.05) is 6.61 Å². The molecule has 0 radical (unpaired) electrons. The van der Waals surface area contributed by atoms with Gasteiger partial charge >= 0.3 is 5.97 Å². The van der Waals surface area contributed by atoms with Gasteiger partial charge in [-0.2, -0.15) is 5.10 Å². The fraction of sp³-hybridized carbons (Fsp3) is 0.438. The van der Waals surface area contributed by atoms with Gasteiger partial charge in [0.1, 0.15) is 18.8 Å². The SMILES string of the molecule is C[C@@H](OC(=O)[C@@]1(C)CCCO1)c1ccc(-n2cncn2)cc1. The largest absolute Gasteiger partial charge is 0.456 e. The van der Waals surface area contributed by atoms with Crippen molar-refractivity contribution in [3.8, 4) is 5.69 Å². The number of aromatic nitrogens is 3. The highest BCUT2D eigenvalue weighted by Crippen LogP contribution is 2.29. The number of ether oxygens (including phenoxy) is 2. The number of benzene rings is 1. The van der Waals surface area contributed by atoms with Gasteiger partial charge in [0.25, 0.3) is 0 Å². The van der Waals surface area contributed by atoms with Crippen molar-refractivity contribution >= 4 is 5.97 Å². The lowest BCUT2D eigenvalue weighted by Gasteiger charge is -2.24. The highest BCUT2D eigenvalue weighted by molar-refractivity contribution is 5.79. The van der Waals surface area contributed by atoms with Gasteiger partial charge in [0.05, 0.1) is 5.69 Å². The van der Waals surface area contributed by atoms with Gasteiger partial charge in [-0.1, -0.05) is 12.1 Å². The lowest BCUT2D eigenvalue weighted by atomic mass is 10.0. The average molecular weight is 301 g/mol. The van der Waals surface area contributed by atoms with Crippen LogP contribution in [-0.4, -0.2) is 32.9 Å². The van der Waals surface area contributed by atoms with E-state index in [1.807, 2.05) is 31.2 Å². The van der Waals surface area contributed by atoms with E-state index in [0.717, 1.165) is 17.7 Å². The van der Waals surface area contributed by atoms with Crippen LogP contribution in [0.15, 0.2) is 36.9 Å². The summed E-state index contributed by atoms with van der Waals surface area (Å²) in [6.45, 7) is 4.27. The van der Waals surface area contributed by atoms with Crippen molar-refractivity contribution in [2.45, 2.75) is 38.4 Å². The van der Waals surface area contributed by atoms with Crippen molar-refractivity contribution < 1.29 is 14.3 Å². The number of rotatable bonds is 4. The van der Waals surface area contributed by atoms with E-state index in [1.165, 1.54) is 6.33 Å². The summed E-state index contributed by atoms with van der Waals surface area (Å²) >= 11 is 0. The molecular formula is C16H19N3O3. The molecule has 0 bridgehead atoms. The Morgan fingerprint density at radius 3 is 2.77 bits per heavy atom. The van der Waals surface area contributed by atoms with Crippen LogP contribution < -0.4 is 0 Å². The van der Waals surface area contributed by atoms with E-state index in [9.17, 15) is 4.79 Å². The van der Waals surface area contributed by atoms with E-state index in [-0.39, 0.29) is 12.1 Å².